The third kappa shape index (κ3) is 2.92. The topological polar surface area (TPSA) is 63.4 Å². The maximum atomic E-state index is 11.4. The van der Waals surface area contributed by atoms with Crippen LogP contribution in [0.3, 0.4) is 0 Å². The number of benzene rings is 1. The summed E-state index contributed by atoms with van der Waals surface area (Å²) < 4.78 is 10.3. The average molecular weight is 286 g/mol. The van der Waals surface area contributed by atoms with Crippen molar-refractivity contribution >= 4 is 5.97 Å². The standard InChI is InChI=1S/C16H18N2O3/c1-20-16(19)14-6-11(8-18-14)7-17-9-12-10-21-15-5-3-2-4-13(12)15/h2-6,8,12,17-18H,7,9-10H2,1H3. The highest BCUT2D eigenvalue weighted by atomic mass is 16.5. The maximum absolute atomic E-state index is 11.4. The zero-order valence-corrected chi connectivity index (χ0v) is 11.9. The van der Waals surface area contributed by atoms with Crippen LogP contribution < -0.4 is 10.1 Å². The molecule has 1 atom stereocenters. The number of para-hydroxylation sites is 1. The fraction of sp³-hybridized carbons (Fsp3) is 0.312. The van der Waals surface area contributed by atoms with E-state index >= 15 is 0 Å². The molecule has 1 unspecified atom stereocenters. The van der Waals surface area contributed by atoms with E-state index in [0.29, 0.717) is 24.8 Å². The number of aromatic nitrogens is 1. The van der Waals surface area contributed by atoms with Crippen molar-refractivity contribution in [3.8, 4) is 5.75 Å². The number of rotatable bonds is 5. The van der Waals surface area contributed by atoms with Gasteiger partial charge < -0.3 is 19.8 Å². The summed E-state index contributed by atoms with van der Waals surface area (Å²) in [5, 5.41) is 3.40. The van der Waals surface area contributed by atoms with Crippen molar-refractivity contribution in [2.75, 3.05) is 20.3 Å². The SMILES string of the molecule is COC(=O)c1cc(CNCC2COc3ccccc32)c[nH]1. The minimum Gasteiger partial charge on any atom is -0.493 e. The molecule has 0 saturated heterocycles. The number of hydrogen-bond acceptors (Lipinski definition) is 4. The molecule has 5 heteroatoms. The molecule has 0 saturated carbocycles. The first-order valence-electron chi connectivity index (χ1n) is 6.96. The van der Waals surface area contributed by atoms with Gasteiger partial charge in [-0.15, -0.1) is 0 Å². The molecular weight excluding hydrogens is 268 g/mol. The van der Waals surface area contributed by atoms with Gasteiger partial charge in [-0.05, 0) is 17.7 Å². The monoisotopic (exact) mass is 286 g/mol. The Bertz CT molecular complexity index is 636. The van der Waals surface area contributed by atoms with Gasteiger partial charge in [-0.2, -0.15) is 0 Å². The van der Waals surface area contributed by atoms with E-state index < -0.39 is 0 Å². The molecule has 0 radical (unpaired) electrons. The average Bonchev–Trinajstić information content (AvgIpc) is 3.14. The lowest BCUT2D eigenvalue weighted by Gasteiger charge is -2.09. The first-order valence-corrected chi connectivity index (χ1v) is 6.96. The molecule has 1 aliphatic rings. The van der Waals surface area contributed by atoms with E-state index in [9.17, 15) is 4.79 Å². The van der Waals surface area contributed by atoms with Crippen molar-refractivity contribution < 1.29 is 14.3 Å². The van der Waals surface area contributed by atoms with Gasteiger partial charge in [0.2, 0.25) is 0 Å². The van der Waals surface area contributed by atoms with Crippen LogP contribution in [0.4, 0.5) is 0 Å². The largest absolute Gasteiger partial charge is 0.493 e. The smallest absolute Gasteiger partial charge is 0.354 e. The van der Waals surface area contributed by atoms with Crippen LogP contribution in [0.15, 0.2) is 36.5 Å². The van der Waals surface area contributed by atoms with Gasteiger partial charge in [0.1, 0.15) is 11.4 Å². The summed E-state index contributed by atoms with van der Waals surface area (Å²) in [5.74, 6) is 1.01. The van der Waals surface area contributed by atoms with Gasteiger partial charge in [0.05, 0.1) is 13.7 Å². The molecule has 110 valence electrons. The van der Waals surface area contributed by atoms with E-state index in [4.69, 9.17) is 4.74 Å². The Kier molecular flexibility index (Phi) is 3.92. The molecule has 2 N–H and O–H groups in total. The number of carbonyl (C=O) groups excluding carboxylic acids is 1. The zero-order valence-electron chi connectivity index (χ0n) is 11.9. The van der Waals surface area contributed by atoms with Crippen LogP contribution in [0.25, 0.3) is 0 Å². The summed E-state index contributed by atoms with van der Waals surface area (Å²) in [7, 11) is 1.37. The van der Waals surface area contributed by atoms with Gasteiger partial charge in [-0.25, -0.2) is 4.79 Å². The number of nitrogens with one attached hydrogen (secondary N) is 2. The third-order valence-electron chi connectivity index (χ3n) is 3.67. The highest BCUT2D eigenvalue weighted by molar-refractivity contribution is 5.87. The molecule has 0 bridgehead atoms. The summed E-state index contributed by atoms with van der Waals surface area (Å²) in [6.45, 7) is 2.26. The number of fused-ring (bicyclic) bond motifs is 1. The Hall–Kier alpha value is -2.27. The van der Waals surface area contributed by atoms with Gasteiger partial charge in [0, 0.05) is 30.8 Å². The molecule has 3 rings (SSSR count). The number of ether oxygens (including phenoxy) is 2. The summed E-state index contributed by atoms with van der Waals surface area (Å²) in [6, 6.07) is 9.94. The van der Waals surface area contributed by atoms with Crippen LogP contribution in [0, 0.1) is 0 Å². The second kappa shape index (κ2) is 6.01. The lowest BCUT2D eigenvalue weighted by Crippen LogP contribution is -2.21. The second-order valence-corrected chi connectivity index (χ2v) is 5.09. The fourth-order valence-corrected chi connectivity index (χ4v) is 2.56. The molecule has 0 aliphatic carbocycles. The molecule has 0 amide bonds. The van der Waals surface area contributed by atoms with Gasteiger partial charge in [0.25, 0.3) is 0 Å². The fourth-order valence-electron chi connectivity index (χ4n) is 2.56. The van der Waals surface area contributed by atoms with Crippen molar-refractivity contribution in [1.29, 1.82) is 0 Å². The van der Waals surface area contributed by atoms with Crippen molar-refractivity contribution in [2.24, 2.45) is 0 Å². The summed E-state index contributed by atoms with van der Waals surface area (Å²) >= 11 is 0. The number of hydrogen-bond donors (Lipinski definition) is 2. The van der Waals surface area contributed by atoms with Gasteiger partial charge in [-0.1, -0.05) is 18.2 Å². The molecule has 0 fully saturated rings. The molecule has 2 heterocycles. The Morgan fingerprint density at radius 3 is 3.19 bits per heavy atom. The van der Waals surface area contributed by atoms with E-state index in [0.717, 1.165) is 17.9 Å². The van der Waals surface area contributed by atoms with Gasteiger partial charge in [0.15, 0.2) is 0 Å². The van der Waals surface area contributed by atoms with Crippen LogP contribution in [0.1, 0.15) is 27.5 Å². The number of aromatic amines is 1. The molecule has 2 aromatic rings. The van der Waals surface area contributed by atoms with Crippen molar-refractivity contribution in [3.05, 3.63) is 53.3 Å². The van der Waals surface area contributed by atoms with E-state index in [-0.39, 0.29) is 5.97 Å². The zero-order chi connectivity index (χ0) is 14.7. The molecule has 1 aliphatic heterocycles. The highest BCUT2D eigenvalue weighted by Gasteiger charge is 2.22. The number of methoxy groups -OCH3 is 1. The lowest BCUT2D eigenvalue weighted by molar-refractivity contribution is 0.0595. The molecular formula is C16H18N2O3. The molecule has 21 heavy (non-hydrogen) atoms. The predicted octanol–water partition coefficient (Wildman–Crippen LogP) is 2.07. The Balaban J connectivity index is 1.53. The highest BCUT2D eigenvalue weighted by Crippen LogP contribution is 2.32. The number of H-pyrrole nitrogens is 1. The van der Waals surface area contributed by atoms with Crippen LogP contribution in [-0.4, -0.2) is 31.2 Å². The van der Waals surface area contributed by atoms with Crippen molar-refractivity contribution in [2.45, 2.75) is 12.5 Å². The molecule has 1 aromatic heterocycles. The Morgan fingerprint density at radius 2 is 2.33 bits per heavy atom. The normalized spacial score (nSPS) is 16.3. The quantitative estimate of drug-likeness (QED) is 0.826. The van der Waals surface area contributed by atoms with Gasteiger partial charge >= 0.3 is 5.97 Å². The van der Waals surface area contributed by atoms with E-state index in [2.05, 4.69) is 21.1 Å². The maximum Gasteiger partial charge on any atom is 0.354 e. The van der Waals surface area contributed by atoms with Gasteiger partial charge in [-0.3, -0.25) is 0 Å². The number of esters is 1. The molecule has 1 aromatic carbocycles. The Morgan fingerprint density at radius 1 is 1.48 bits per heavy atom. The summed E-state index contributed by atoms with van der Waals surface area (Å²) in [5.41, 5.74) is 2.76. The van der Waals surface area contributed by atoms with Crippen LogP contribution in [0.5, 0.6) is 5.75 Å². The van der Waals surface area contributed by atoms with Crippen LogP contribution >= 0.6 is 0 Å². The van der Waals surface area contributed by atoms with Crippen LogP contribution in [0.2, 0.25) is 0 Å². The van der Waals surface area contributed by atoms with Crippen molar-refractivity contribution in [1.82, 2.24) is 10.3 Å². The lowest BCUT2D eigenvalue weighted by atomic mass is 10.0. The minimum atomic E-state index is -0.348. The third-order valence-corrected chi connectivity index (χ3v) is 3.67. The number of carbonyl (C=O) groups is 1. The first kappa shape index (κ1) is 13.7. The molecule has 5 nitrogen and oxygen atoms in total. The first-order chi connectivity index (χ1) is 10.3. The summed E-state index contributed by atoms with van der Waals surface area (Å²) in [4.78, 5) is 14.3. The van der Waals surface area contributed by atoms with Crippen LogP contribution in [-0.2, 0) is 11.3 Å². The minimum absolute atomic E-state index is 0.348. The van der Waals surface area contributed by atoms with E-state index in [1.807, 2.05) is 24.4 Å². The van der Waals surface area contributed by atoms with E-state index in [1.54, 1.807) is 6.07 Å². The Labute approximate surface area is 123 Å². The molecule has 0 spiro atoms. The summed E-state index contributed by atoms with van der Waals surface area (Å²) in [6.07, 6.45) is 1.82. The van der Waals surface area contributed by atoms with Crippen molar-refractivity contribution in [3.63, 3.8) is 0 Å². The predicted molar refractivity (Wildman–Crippen MR) is 78.5 cm³/mol. The second-order valence-electron chi connectivity index (χ2n) is 5.09. The van der Waals surface area contributed by atoms with E-state index in [1.165, 1.54) is 12.7 Å².